The van der Waals surface area contributed by atoms with E-state index in [1.165, 1.54) is 0 Å². The van der Waals surface area contributed by atoms with Crippen LogP contribution >= 0.6 is 15.9 Å². The van der Waals surface area contributed by atoms with Gasteiger partial charge in [-0.15, -0.1) is 0 Å². The van der Waals surface area contributed by atoms with Crippen LogP contribution in [0.3, 0.4) is 0 Å². The van der Waals surface area contributed by atoms with E-state index in [2.05, 4.69) is 31.2 Å². The fraction of sp³-hybridized carbons (Fsp3) is 0.100. The van der Waals surface area contributed by atoms with Gasteiger partial charge in [0.25, 0.3) is 0 Å². The number of halogens is 1. The Morgan fingerprint density at radius 3 is 2.88 bits per heavy atom. The molecule has 0 fully saturated rings. The summed E-state index contributed by atoms with van der Waals surface area (Å²) in [7, 11) is 0. The fourth-order valence-corrected chi connectivity index (χ4v) is 1.67. The van der Waals surface area contributed by atoms with Crippen LogP contribution in [0, 0.1) is 6.92 Å². The molecule has 0 aliphatic carbocycles. The van der Waals surface area contributed by atoms with Gasteiger partial charge in [-0.25, -0.2) is 9.67 Å². The Hall–Kier alpha value is -1.89. The lowest BCUT2D eigenvalue weighted by Crippen LogP contribution is -2.18. The van der Waals surface area contributed by atoms with Crippen molar-refractivity contribution >= 4 is 21.8 Å². The molecule has 17 heavy (non-hydrogen) atoms. The predicted octanol–water partition coefficient (Wildman–Crippen LogP) is 1.43. The maximum Gasteiger partial charge on any atom is 0.173 e. The fourth-order valence-electron chi connectivity index (χ4n) is 1.39. The highest BCUT2D eigenvalue weighted by Crippen LogP contribution is 2.15. The molecule has 2 heterocycles. The predicted molar refractivity (Wildman–Crippen MR) is 66.3 cm³/mol. The molecule has 0 aliphatic rings. The van der Waals surface area contributed by atoms with Crippen LogP contribution in [0.2, 0.25) is 0 Å². The first kappa shape index (κ1) is 11.6. The molecule has 0 atom stereocenters. The molecule has 0 saturated carbocycles. The van der Waals surface area contributed by atoms with E-state index >= 15 is 0 Å². The normalized spacial score (nSPS) is 11.8. The third kappa shape index (κ3) is 2.28. The number of aryl methyl sites for hydroxylation is 1. The van der Waals surface area contributed by atoms with Crippen LogP contribution in [0.5, 0.6) is 0 Å². The van der Waals surface area contributed by atoms with Gasteiger partial charge in [0.1, 0.15) is 0 Å². The first-order chi connectivity index (χ1) is 8.11. The Balaban J connectivity index is 2.62. The van der Waals surface area contributed by atoms with E-state index in [9.17, 15) is 0 Å². The van der Waals surface area contributed by atoms with E-state index in [1.807, 2.05) is 6.92 Å². The number of aromatic nitrogens is 3. The molecule has 0 radical (unpaired) electrons. The Kier molecular flexibility index (Phi) is 3.10. The van der Waals surface area contributed by atoms with Gasteiger partial charge in [0.15, 0.2) is 11.7 Å². The molecule has 0 bridgehead atoms. The van der Waals surface area contributed by atoms with Gasteiger partial charge in [0, 0.05) is 11.9 Å². The van der Waals surface area contributed by atoms with Gasteiger partial charge in [0.2, 0.25) is 0 Å². The van der Waals surface area contributed by atoms with E-state index in [0.29, 0.717) is 11.4 Å². The zero-order valence-electron chi connectivity index (χ0n) is 9.00. The maximum absolute atomic E-state index is 8.73. The van der Waals surface area contributed by atoms with Crippen molar-refractivity contribution in [1.82, 2.24) is 14.8 Å². The summed E-state index contributed by atoms with van der Waals surface area (Å²) >= 11 is 3.30. The summed E-state index contributed by atoms with van der Waals surface area (Å²) in [6.45, 7) is 1.86. The van der Waals surface area contributed by atoms with Crippen LogP contribution in [-0.2, 0) is 0 Å². The number of oxime groups is 1. The molecule has 0 aliphatic heterocycles. The molecule has 3 N–H and O–H groups in total. The number of hydrogen-bond donors (Lipinski definition) is 2. The molecule has 0 aromatic carbocycles. The second kappa shape index (κ2) is 4.54. The summed E-state index contributed by atoms with van der Waals surface area (Å²) in [6.07, 6.45) is 3.38. The average Bonchev–Trinajstić information content (AvgIpc) is 2.75. The average molecular weight is 296 g/mol. The summed E-state index contributed by atoms with van der Waals surface area (Å²) in [5.74, 6) is 0.519. The van der Waals surface area contributed by atoms with Crippen molar-refractivity contribution in [2.45, 2.75) is 6.92 Å². The molecule has 2 aromatic heterocycles. The molecular formula is C10H10BrN5O. The lowest BCUT2D eigenvalue weighted by atomic mass is 10.2. The van der Waals surface area contributed by atoms with Crippen LogP contribution < -0.4 is 5.73 Å². The van der Waals surface area contributed by atoms with E-state index in [1.54, 1.807) is 29.2 Å². The molecule has 6 nitrogen and oxygen atoms in total. The van der Waals surface area contributed by atoms with Crippen LogP contribution in [0.1, 0.15) is 11.3 Å². The van der Waals surface area contributed by atoms with Crippen molar-refractivity contribution in [3.63, 3.8) is 0 Å². The number of pyridine rings is 1. The van der Waals surface area contributed by atoms with Gasteiger partial charge in [-0.2, -0.15) is 5.10 Å². The highest BCUT2D eigenvalue weighted by molar-refractivity contribution is 9.10. The highest BCUT2D eigenvalue weighted by Gasteiger charge is 2.11. The zero-order chi connectivity index (χ0) is 12.4. The summed E-state index contributed by atoms with van der Waals surface area (Å²) < 4.78 is 2.39. The highest BCUT2D eigenvalue weighted by atomic mass is 79.9. The van der Waals surface area contributed by atoms with Gasteiger partial charge < -0.3 is 10.9 Å². The third-order valence-electron chi connectivity index (χ3n) is 2.17. The third-order valence-corrected chi connectivity index (χ3v) is 2.58. The number of nitrogens with zero attached hydrogens (tertiary/aromatic N) is 4. The van der Waals surface area contributed by atoms with Crippen molar-refractivity contribution in [3.05, 3.63) is 40.3 Å². The Labute approximate surface area is 106 Å². The molecule has 2 aromatic rings. The van der Waals surface area contributed by atoms with Crippen molar-refractivity contribution in [2.75, 3.05) is 0 Å². The lowest BCUT2D eigenvalue weighted by Gasteiger charge is -2.07. The number of nitrogens with two attached hydrogens (primary N) is 1. The quantitative estimate of drug-likeness (QED) is 0.380. The van der Waals surface area contributed by atoms with Crippen molar-refractivity contribution < 1.29 is 5.21 Å². The van der Waals surface area contributed by atoms with Gasteiger partial charge in [-0.1, -0.05) is 5.16 Å². The summed E-state index contributed by atoms with van der Waals surface area (Å²) in [5.41, 5.74) is 6.94. The van der Waals surface area contributed by atoms with Crippen molar-refractivity contribution in [1.29, 1.82) is 0 Å². The van der Waals surface area contributed by atoms with Gasteiger partial charge in [-0.3, -0.25) is 0 Å². The minimum Gasteiger partial charge on any atom is -0.409 e. The SMILES string of the molecule is Cc1ccc(C(N)=NO)c(-n2cc(Br)cn2)n1. The van der Waals surface area contributed by atoms with Gasteiger partial charge >= 0.3 is 0 Å². The molecular weight excluding hydrogens is 286 g/mol. The zero-order valence-corrected chi connectivity index (χ0v) is 10.6. The molecule has 88 valence electrons. The van der Waals surface area contributed by atoms with Crippen LogP contribution in [0.25, 0.3) is 5.82 Å². The minimum absolute atomic E-state index is 0.000813. The second-order valence-electron chi connectivity index (χ2n) is 3.41. The van der Waals surface area contributed by atoms with Crippen LogP contribution in [0.15, 0.2) is 34.2 Å². The van der Waals surface area contributed by atoms with E-state index < -0.39 is 0 Å². The molecule has 2 rings (SSSR count). The van der Waals surface area contributed by atoms with Gasteiger partial charge in [0.05, 0.1) is 16.2 Å². The second-order valence-corrected chi connectivity index (χ2v) is 4.33. The lowest BCUT2D eigenvalue weighted by molar-refractivity contribution is 0.318. The monoisotopic (exact) mass is 295 g/mol. The van der Waals surface area contributed by atoms with E-state index in [0.717, 1.165) is 10.2 Å². The van der Waals surface area contributed by atoms with E-state index in [4.69, 9.17) is 10.9 Å². The van der Waals surface area contributed by atoms with Gasteiger partial charge in [-0.05, 0) is 35.0 Å². The molecule has 7 heteroatoms. The maximum atomic E-state index is 8.73. The Morgan fingerprint density at radius 1 is 1.53 bits per heavy atom. The summed E-state index contributed by atoms with van der Waals surface area (Å²) in [4.78, 5) is 4.33. The number of hydrogen-bond acceptors (Lipinski definition) is 4. The first-order valence-corrected chi connectivity index (χ1v) is 5.57. The Bertz CT molecular complexity index is 578. The van der Waals surface area contributed by atoms with Crippen molar-refractivity contribution in [3.8, 4) is 5.82 Å². The molecule has 0 spiro atoms. The Morgan fingerprint density at radius 2 is 2.29 bits per heavy atom. The molecule has 0 amide bonds. The standard InChI is InChI=1S/C10H10BrN5O/c1-6-2-3-8(9(12)15-17)10(14-6)16-5-7(11)4-13-16/h2-5,17H,1H3,(H2,12,15). The minimum atomic E-state index is -0.000813. The van der Waals surface area contributed by atoms with Crippen LogP contribution in [0.4, 0.5) is 0 Å². The summed E-state index contributed by atoms with van der Waals surface area (Å²) in [6, 6.07) is 3.53. The topological polar surface area (TPSA) is 89.3 Å². The molecule has 0 saturated heterocycles. The van der Waals surface area contributed by atoms with E-state index in [-0.39, 0.29) is 5.84 Å². The largest absolute Gasteiger partial charge is 0.409 e. The first-order valence-electron chi connectivity index (χ1n) is 4.78. The molecule has 0 unspecified atom stereocenters. The smallest absolute Gasteiger partial charge is 0.173 e. The van der Waals surface area contributed by atoms with Crippen LogP contribution in [-0.4, -0.2) is 25.8 Å². The summed E-state index contributed by atoms with van der Waals surface area (Å²) in [5, 5.41) is 15.8. The number of amidine groups is 1. The number of rotatable bonds is 2. The van der Waals surface area contributed by atoms with Crippen molar-refractivity contribution in [2.24, 2.45) is 10.9 Å².